The highest BCUT2D eigenvalue weighted by Gasteiger charge is 2.06. The number of rotatable bonds is 8. The summed E-state index contributed by atoms with van der Waals surface area (Å²) in [6.07, 6.45) is 0. The molecule has 7 heteroatoms. The quantitative estimate of drug-likeness (QED) is 0.342. The summed E-state index contributed by atoms with van der Waals surface area (Å²) >= 11 is 0. The van der Waals surface area contributed by atoms with E-state index in [-0.39, 0.29) is 24.0 Å². The number of hydrogen-bond donors (Lipinski definition) is 2. The molecule has 0 aromatic heterocycles. The van der Waals surface area contributed by atoms with E-state index >= 15 is 0 Å². The summed E-state index contributed by atoms with van der Waals surface area (Å²) in [5.74, 6) is 2.09. The fourth-order valence-corrected chi connectivity index (χ4v) is 2.57. The average molecular weight is 484 g/mol. The minimum Gasteiger partial charge on any atom is -0.493 e. The Morgan fingerprint density at radius 2 is 1.74 bits per heavy atom. The molecular formula is C20H29IN4O2. The van der Waals surface area contributed by atoms with Gasteiger partial charge in [0.05, 0.1) is 14.2 Å². The van der Waals surface area contributed by atoms with Crippen LogP contribution in [0.2, 0.25) is 0 Å². The first-order valence-corrected chi connectivity index (χ1v) is 8.58. The lowest BCUT2D eigenvalue weighted by molar-refractivity contribution is 0.331. The van der Waals surface area contributed by atoms with Gasteiger partial charge in [0.1, 0.15) is 0 Å². The molecule has 0 unspecified atom stereocenters. The summed E-state index contributed by atoms with van der Waals surface area (Å²) in [4.78, 5) is 6.54. The van der Waals surface area contributed by atoms with E-state index in [2.05, 4.69) is 51.8 Å². The van der Waals surface area contributed by atoms with E-state index < -0.39 is 0 Å². The fourth-order valence-electron chi connectivity index (χ4n) is 2.57. The first-order chi connectivity index (χ1) is 12.7. The third-order valence-corrected chi connectivity index (χ3v) is 3.95. The first kappa shape index (κ1) is 23.0. The lowest BCUT2D eigenvalue weighted by atomic mass is 10.2. The number of guanidine groups is 1. The lowest BCUT2D eigenvalue weighted by Crippen LogP contribution is -2.36. The first-order valence-electron chi connectivity index (χ1n) is 8.58. The van der Waals surface area contributed by atoms with Gasteiger partial charge in [-0.25, -0.2) is 0 Å². The maximum Gasteiger partial charge on any atom is 0.195 e. The molecule has 0 saturated heterocycles. The van der Waals surface area contributed by atoms with Gasteiger partial charge in [-0.1, -0.05) is 30.3 Å². The van der Waals surface area contributed by atoms with Crippen LogP contribution in [-0.4, -0.2) is 52.3 Å². The van der Waals surface area contributed by atoms with Gasteiger partial charge in [0.15, 0.2) is 17.5 Å². The van der Waals surface area contributed by atoms with Crippen LogP contribution >= 0.6 is 24.0 Å². The summed E-state index contributed by atoms with van der Waals surface area (Å²) in [6.45, 7) is 2.61. The van der Waals surface area contributed by atoms with Crippen molar-refractivity contribution in [3.8, 4) is 11.5 Å². The number of hydrogen-bond acceptors (Lipinski definition) is 4. The molecule has 2 N–H and O–H groups in total. The van der Waals surface area contributed by atoms with Gasteiger partial charge in [0, 0.05) is 38.4 Å². The van der Waals surface area contributed by atoms with Gasteiger partial charge in [-0.2, -0.15) is 0 Å². The average Bonchev–Trinajstić information content (AvgIpc) is 2.67. The van der Waals surface area contributed by atoms with E-state index in [1.54, 1.807) is 21.3 Å². The van der Waals surface area contributed by atoms with E-state index in [4.69, 9.17) is 9.47 Å². The predicted molar refractivity (Wildman–Crippen MR) is 123 cm³/mol. The second-order valence-corrected chi connectivity index (χ2v) is 5.92. The van der Waals surface area contributed by atoms with Gasteiger partial charge >= 0.3 is 0 Å². The highest BCUT2D eigenvalue weighted by molar-refractivity contribution is 14.0. The number of nitrogens with one attached hydrogen (secondary N) is 2. The van der Waals surface area contributed by atoms with Gasteiger partial charge in [0.25, 0.3) is 0 Å². The van der Waals surface area contributed by atoms with Crippen LogP contribution in [0.25, 0.3) is 0 Å². The highest BCUT2D eigenvalue weighted by atomic mass is 127. The predicted octanol–water partition coefficient (Wildman–Crippen LogP) is 3.44. The second kappa shape index (κ2) is 12.4. The number of ether oxygens (including phenoxy) is 2. The Labute approximate surface area is 179 Å². The molecule has 0 saturated carbocycles. The fraction of sp³-hybridized carbons (Fsp3) is 0.350. The molecule has 0 amide bonds. The summed E-state index contributed by atoms with van der Waals surface area (Å²) in [5, 5.41) is 6.59. The molecular weight excluding hydrogens is 455 g/mol. The van der Waals surface area contributed by atoms with Crippen molar-refractivity contribution >= 4 is 35.6 Å². The van der Waals surface area contributed by atoms with Gasteiger partial charge in [-0.3, -0.25) is 4.99 Å². The Balaban J connectivity index is 0.00000364. The molecule has 0 spiro atoms. The van der Waals surface area contributed by atoms with Crippen molar-refractivity contribution < 1.29 is 9.47 Å². The van der Waals surface area contributed by atoms with E-state index in [1.165, 1.54) is 5.56 Å². The third-order valence-electron chi connectivity index (χ3n) is 3.95. The normalized spacial score (nSPS) is 10.9. The summed E-state index contributed by atoms with van der Waals surface area (Å²) in [6, 6.07) is 16.1. The molecule has 0 heterocycles. The minimum absolute atomic E-state index is 0. The highest BCUT2D eigenvalue weighted by Crippen LogP contribution is 2.29. The maximum atomic E-state index is 5.33. The number of halogens is 1. The van der Waals surface area contributed by atoms with E-state index in [9.17, 15) is 0 Å². The van der Waals surface area contributed by atoms with E-state index in [0.717, 1.165) is 25.3 Å². The van der Waals surface area contributed by atoms with Crippen molar-refractivity contribution in [1.29, 1.82) is 0 Å². The topological polar surface area (TPSA) is 58.1 Å². The number of methoxy groups -OCH3 is 2. The van der Waals surface area contributed by atoms with Crippen LogP contribution in [0.4, 0.5) is 5.69 Å². The Kier molecular flexibility index (Phi) is 10.6. The molecule has 2 aromatic carbocycles. The van der Waals surface area contributed by atoms with E-state index in [0.29, 0.717) is 17.5 Å². The van der Waals surface area contributed by atoms with Crippen molar-refractivity contribution in [2.24, 2.45) is 4.99 Å². The summed E-state index contributed by atoms with van der Waals surface area (Å²) < 4.78 is 10.6. The van der Waals surface area contributed by atoms with Crippen LogP contribution < -0.4 is 20.1 Å². The van der Waals surface area contributed by atoms with Gasteiger partial charge in [-0.05, 0) is 24.7 Å². The maximum absolute atomic E-state index is 5.33. The van der Waals surface area contributed by atoms with Gasteiger partial charge in [-0.15, -0.1) is 24.0 Å². The van der Waals surface area contributed by atoms with Crippen LogP contribution in [0.3, 0.4) is 0 Å². The van der Waals surface area contributed by atoms with Gasteiger partial charge in [0.2, 0.25) is 0 Å². The molecule has 0 radical (unpaired) electrons. The summed E-state index contributed by atoms with van der Waals surface area (Å²) in [7, 11) is 7.11. The number of anilines is 1. The molecule has 0 atom stereocenters. The number of aliphatic imine (C=N–C) groups is 1. The van der Waals surface area contributed by atoms with E-state index in [1.807, 2.05) is 24.3 Å². The standard InChI is InChI=1S/C20H28N4O2.HI/c1-21-20(23-17-10-11-18(25-3)19(14-17)26-4)22-12-13-24(2)15-16-8-6-5-7-9-16;/h5-11,14H,12-13,15H2,1-4H3,(H2,21,22,23);1H. The van der Waals surface area contributed by atoms with Crippen molar-refractivity contribution in [3.05, 3.63) is 54.1 Å². The molecule has 0 fully saturated rings. The third kappa shape index (κ3) is 7.64. The Morgan fingerprint density at radius 1 is 1.04 bits per heavy atom. The molecule has 148 valence electrons. The molecule has 2 rings (SSSR count). The zero-order valence-electron chi connectivity index (χ0n) is 16.4. The Morgan fingerprint density at radius 3 is 2.37 bits per heavy atom. The van der Waals surface area contributed by atoms with Crippen LogP contribution in [-0.2, 0) is 6.54 Å². The van der Waals surface area contributed by atoms with Crippen LogP contribution in [0.15, 0.2) is 53.5 Å². The molecule has 0 aliphatic heterocycles. The number of nitrogens with zero attached hydrogens (tertiary/aromatic N) is 2. The van der Waals surface area contributed by atoms with Crippen molar-refractivity contribution in [3.63, 3.8) is 0 Å². The molecule has 6 nitrogen and oxygen atoms in total. The smallest absolute Gasteiger partial charge is 0.195 e. The molecule has 0 aliphatic carbocycles. The van der Waals surface area contributed by atoms with Crippen LogP contribution in [0.1, 0.15) is 5.56 Å². The number of benzene rings is 2. The zero-order chi connectivity index (χ0) is 18.8. The molecule has 0 bridgehead atoms. The Hall–Kier alpha value is -2.00. The monoisotopic (exact) mass is 484 g/mol. The second-order valence-electron chi connectivity index (χ2n) is 5.92. The van der Waals surface area contributed by atoms with Gasteiger partial charge < -0.3 is 25.0 Å². The Bertz CT molecular complexity index is 710. The lowest BCUT2D eigenvalue weighted by Gasteiger charge is -2.18. The molecule has 27 heavy (non-hydrogen) atoms. The zero-order valence-corrected chi connectivity index (χ0v) is 18.7. The largest absolute Gasteiger partial charge is 0.493 e. The minimum atomic E-state index is 0. The molecule has 2 aromatic rings. The van der Waals surface area contributed by atoms with Crippen molar-refractivity contribution in [2.75, 3.05) is 46.7 Å². The summed E-state index contributed by atoms with van der Waals surface area (Å²) in [5.41, 5.74) is 2.19. The SMILES string of the molecule is CN=C(NCCN(C)Cc1ccccc1)Nc1ccc(OC)c(OC)c1.I. The van der Waals surface area contributed by atoms with Crippen molar-refractivity contribution in [1.82, 2.24) is 10.2 Å². The number of likely N-dealkylation sites (N-methyl/N-ethyl adjacent to an activating group) is 1. The van der Waals surface area contributed by atoms with Crippen LogP contribution in [0, 0.1) is 0 Å². The van der Waals surface area contributed by atoms with Crippen LogP contribution in [0.5, 0.6) is 11.5 Å². The van der Waals surface area contributed by atoms with Crippen molar-refractivity contribution in [2.45, 2.75) is 6.54 Å². The molecule has 0 aliphatic rings.